The van der Waals surface area contributed by atoms with E-state index in [0.29, 0.717) is 13.0 Å². The van der Waals surface area contributed by atoms with E-state index < -0.39 is 10.0 Å². The van der Waals surface area contributed by atoms with Crippen LogP contribution in [0.5, 0.6) is 0 Å². The lowest BCUT2D eigenvalue weighted by Crippen LogP contribution is -2.35. The average Bonchev–Trinajstić information content (AvgIpc) is 2.31. The summed E-state index contributed by atoms with van der Waals surface area (Å²) in [5.41, 5.74) is 2.32. The van der Waals surface area contributed by atoms with Crippen molar-refractivity contribution in [3.05, 3.63) is 35.4 Å². The molecule has 0 unspecified atom stereocenters. The van der Waals surface area contributed by atoms with Gasteiger partial charge in [-0.2, -0.15) is 0 Å². The second-order valence-corrected chi connectivity index (χ2v) is 6.98. The Hall–Kier alpha value is -0.910. The molecule has 0 aliphatic rings. The molecule has 0 heterocycles. The summed E-state index contributed by atoms with van der Waals surface area (Å²) in [6.07, 6.45) is 0.631. The Morgan fingerprint density at radius 1 is 1.21 bits per heavy atom. The molecule has 0 amide bonds. The molecule has 4 nitrogen and oxygen atoms in total. The average molecular weight is 284 g/mol. The third-order valence-electron chi connectivity index (χ3n) is 3.05. The van der Waals surface area contributed by atoms with Crippen molar-refractivity contribution in [2.75, 3.05) is 26.4 Å². The van der Waals surface area contributed by atoms with Crippen LogP contribution < -0.4 is 4.72 Å². The van der Waals surface area contributed by atoms with Gasteiger partial charge in [-0.05, 0) is 33.0 Å². The zero-order valence-corrected chi connectivity index (χ0v) is 13.0. The number of aryl methyl sites for hydroxylation is 1. The van der Waals surface area contributed by atoms with E-state index in [1.165, 1.54) is 5.56 Å². The molecule has 0 radical (unpaired) electrons. The molecule has 0 aromatic heterocycles. The maximum absolute atomic E-state index is 11.7. The SMILES string of the molecule is CCCS(=O)(=O)NC[C@@H](c1ccc(C)cc1)N(C)C. The normalized spacial score (nSPS) is 13.7. The Morgan fingerprint density at radius 3 is 2.26 bits per heavy atom. The molecule has 0 spiro atoms. The zero-order chi connectivity index (χ0) is 14.5. The quantitative estimate of drug-likeness (QED) is 0.832. The number of nitrogens with one attached hydrogen (secondary N) is 1. The molecule has 0 saturated carbocycles. The van der Waals surface area contributed by atoms with Crippen LogP contribution in [0.3, 0.4) is 0 Å². The molecule has 0 saturated heterocycles. The minimum Gasteiger partial charge on any atom is -0.301 e. The molecule has 1 aromatic carbocycles. The second kappa shape index (κ2) is 7.03. The number of likely N-dealkylation sites (N-methyl/N-ethyl adjacent to an activating group) is 1. The fraction of sp³-hybridized carbons (Fsp3) is 0.571. The van der Waals surface area contributed by atoms with Crippen molar-refractivity contribution in [2.45, 2.75) is 26.3 Å². The maximum atomic E-state index is 11.7. The minimum atomic E-state index is -3.15. The molecule has 0 aliphatic carbocycles. The zero-order valence-electron chi connectivity index (χ0n) is 12.2. The summed E-state index contributed by atoms with van der Waals surface area (Å²) < 4.78 is 26.1. The van der Waals surface area contributed by atoms with E-state index in [1.807, 2.05) is 57.1 Å². The number of sulfonamides is 1. The summed E-state index contributed by atoms with van der Waals surface area (Å²) in [5.74, 6) is 0.182. The van der Waals surface area contributed by atoms with Gasteiger partial charge in [0.25, 0.3) is 0 Å². The van der Waals surface area contributed by atoms with Crippen LogP contribution in [-0.4, -0.2) is 39.7 Å². The van der Waals surface area contributed by atoms with Crippen LogP contribution in [-0.2, 0) is 10.0 Å². The van der Waals surface area contributed by atoms with E-state index in [1.54, 1.807) is 0 Å². The Bertz CT molecular complexity index is 481. The van der Waals surface area contributed by atoms with E-state index >= 15 is 0 Å². The van der Waals surface area contributed by atoms with Crippen molar-refractivity contribution in [3.8, 4) is 0 Å². The predicted molar refractivity (Wildman–Crippen MR) is 79.7 cm³/mol. The van der Waals surface area contributed by atoms with Crippen LogP contribution in [0.25, 0.3) is 0 Å². The van der Waals surface area contributed by atoms with Crippen LogP contribution in [0.2, 0.25) is 0 Å². The highest BCUT2D eigenvalue weighted by molar-refractivity contribution is 7.89. The fourth-order valence-electron chi connectivity index (χ4n) is 1.93. The van der Waals surface area contributed by atoms with Crippen LogP contribution in [0.4, 0.5) is 0 Å². The Morgan fingerprint density at radius 2 is 1.79 bits per heavy atom. The van der Waals surface area contributed by atoms with Gasteiger partial charge in [0.1, 0.15) is 0 Å². The van der Waals surface area contributed by atoms with Gasteiger partial charge in [-0.25, -0.2) is 13.1 Å². The smallest absolute Gasteiger partial charge is 0.211 e. The largest absolute Gasteiger partial charge is 0.301 e. The van der Waals surface area contributed by atoms with Gasteiger partial charge in [-0.3, -0.25) is 0 Å². The molecule has 0 aliphatic heterocycles. The van der Waals surface area contributed by atoms with E-state index in [-0.39, 0.29) is 11.8 Å². The number of rotatable bonds is 7. The van der Waals surface area contributed by atoms with Gasteiger partial charge in [-0.1, -0.05) is 36.8 Å². The minimum absolute atomic E-state index is 0.0484. The molecule has 19 heavy (non-hydrogen) atoms. The van der Waals surface area contributed by atoms with Crippen molar-refractivity contribution in [2.24, 2.45) is 0 Å². The molecule has 1 rings (SSSR count). The summed E-state index contributed by atoms with van der Waals surface area (Å²) in [6.45, 7) is 4.30. The first-order valence-corrected chi connectivity index (χ1v) is 8.21. The van der Waals surface area contributed by atoms with Crippen molar-refractivity contribution in [3.63, 3.8) is 0 Å². The standard InChI is InChI=1S/C14H24N2O2S/c1-5-10-19(17,18)15-11-14(16(3)4)13-8-6-12(2)7-9-13/h6-9,14-15H,5,10-11H2,1-4H3/t14-/m0/s1. The highest BCUT2D eigenvalue weighted by Gasteiger charge is 2.17. The van der Waals surface area contributed by atoms with Gasteiger partial charge in [-0.15, -0.1) is 0 Å². The number of hydrogen-bond acceptors (Lipinski definition) is 3. The molecular weight excluding hydrogens is 260 g/mol. The van der Waals surface area contributed by atoms with Crippen molar-refractivity contribution in [1.29, 1.82) is 0 Å². The highest BCUT2D eigenvalue weighted by atomic mass is 32.2. The Labute approximate surface area is 116 Å². The van der Waals surface area contributed by atoms with Crippen molar-refractivity contribution in [1.82, 2.24) is 9.62 Å². The monoisotopic (exact) mass is 284 g/mol. The van der Waals surface area contributed by atoms with Gasteiger partial charge in [0.15, 0.2) is 0 Å². The molecule has 108 valence electrons. The lowest BCUT2D eigenvalue weighted by Gasteiger charge is -2.25. The Balaban J connectivity index is 2.77. The first kappa shape index (κ1) is 16.1. The first-order valence-electron chi connectivity index (χ1n) is 6.56. The molecular formula is C14H24N2O2S. The molecule has 1 atom stereocenters. The van der Waals surface area contributed by atoms with Gasteiger partial charge < -0.3 is 4.90 Å². The third kappa shape index (κ3) is 5.30. The van der Waals surface area contributed by atoms with Crippen LogP contribution in [0.15, 0.2) is 24.3 Å². The van der Waals surface area contributed by atoms with Crippen LogP contribution >= 0.6 is 0 Å². The maximum Gasteiger partial charge on any atom is 0.211 e. The molecule has 1 N–H and O–H groups in total. The summed E-state index contributed by atoms with van der Waals surface area (Å²) in [5, 5.41) is 0. The first-order chi connectivity index (χ1) is 8.85. The van der Waals surface area contributed by atoms with Crippen molar-refractivity contribution >= 4 is 10.0 Å². The van der Waals surface area contributed by atoms with Crippen LogP contribution in [0, 0.1) is 6.92 Å². The van der Waals surface area contributed by atoms with Crippen molar-refractivity contribution < 1.29 is 8.42 Å². The van der Waals surface area contributed by atoms with Gasteiger partial charge in [0.05, 0.1) is 5.75 Å². The molecule has 0 fully saturated rings. The van der Waals surface area contributed by atoms with E-state index in [0.717, 1.165) is 5.56 Å². The summed E-state index contributed by atoms with van der Waals surface area (Å²) in [7, 11) is 0.761. The summed E-state index contributed by atoms with van der Waals surface area (Å²) in [6, 6.07) is 8.24. The van der Waals surface area contributed by atoms with Crippen LogP contribution in [0.1, 0.15) is 30.5 Å². The highest BCUT2D eigenvalue weighted by Crippen LogP contribution is 2.18. The predicted octanol–water partition coefficient (Wildman–Crippen LogP) is 1.93. The van der Waals surface area contributed by atoms with Gasteiger partial charge in [0.2, 0.25) is 10.0 Å². The van der Waals surface area contributed by atoms with Gasteiger partial charge in [0, 0.05) is 12.6 Å². The van der Waals surface area contributed by atoms with E-state index in [2.05, 4.69) is 4.72 Å². The number of hydrogen-bond donors (Lipinski definition) is 1. The van der Waals surface area contributed by atoms with E-state index in [4.69, 9.17) is 0 Å². The molecule has 1 aromatic rings. The topological polar surface area (TPSA) is 49.4 Å². The lowest BCUT2D eigenvalue weighted by atomic mass is 10.0. The summed E-state index contributed by atoms with van der Waals surface area (Å²) >= 11 is 0. The molecule has 0 bridgehead atoms. The molecule has 5 heteroatoms. The van der Waals surface area contributed by atoms with Gasteiger partial charge >= 0.3 is 0 Å². The second-order valence-electron chi connectivity index (χ2n) is 5.06. The number of nitrogens with zero attached hydrogens (tertiary/aromatic N) is 1. The third-order valence-corrected chi connectivity index (χ3v) is 4.61. The number of benzene rings is 1. The Kier molecular flexibility index (Phi) is 5.97. The fourth-order valence-corrected chi connectivity index (χ4v) is 3.03. The van der Waals surface area contributed by atoms with E-state index in [9.17, 15) is 8.42 Å². The lowest BCUT2D eigenvalue weighted by molar-refractivity contribution is 0.299. The summed E-state index contributed by atoms with van der Waals surface area (Å²) in [4.78, 5) is 2.03.